The Kier molecular flexibility index (Phi) is 4.79. The lowest BCUT2D eigenvalue weighted by molar-refractivity contribution is -0.608. The molecule has 1 aromatic rings. The first-order valence-corrected chi connectivity index (χ1v) is 8.31. The van der Waals surface area contributed by atoms with Crippen LogP contribution in [0.1, 0.15) is 49.0 Å². The van der Waals surface area contributed by atoms with Crippen LogP contribution in [0.15, 0.2) is 24.4 Å². The van der Waals surface area contributed by atoms with Crippen molar-refractivity contribution >= 4 is 11.9 Å². The summed E-state index contributed by atoms with van der Waals surface area (Å²) in [4.78, 5) is 26.2. The van der Waals surface area contributed by atoms with Crippen molar-refractivity contribution in [2.45, 2.75) is 44.6 Å². The Morgan fingerprint density at radius 3 is 2.83 bits per heavy atom. The average molecular weight is 318 g/mol. The van der Waals surface area contributed by atoms with E-state index in [0.717, 1.165) is 25.8 Å². The number of aromatic nitrogens is 1. The monoisotopic (exact) mass is 318 g/mol. The van der Waals surface area contributed by atoms with Crippen molar-refractivity contribution in [1.82, 2.24) is 4.90 Å². The Labute approximate surface area is 135 Å². The molecule has 23 heavy (non-hydrogen) atoms. The van der Waals surface area contributed by atoms with Crippen LogP contribution in [-0.2, 0) is 9.53 Å². The molecule has 2 aliphatic rings. The van der Waals surface area contributed by atoms with E-state index < -0.39 is 5.97 Å². The van der Waals surface area contributed by atoms with Gasteiger partial charge in [0.15, 0.2) is 12.8 Å². The standard InChI is InChI=1S/C17H22N2O4/c20-16(12-23-17(21)15-9-3-4-11-19(15)22)18-10-5-7-13-6-1-2-8-14(13)18/h3-4,9,11,13-14H,1-2,5-8,10,12H2/t13-,14+/m1/s1. The highest BCUT2D eigenvalue weighted by Crippen LogP contribution is 2.35. The molecule has 0 spiro atoms. The molecule has 124 valence electrons. The van der Waals surface area contributed by atoms with Gasteiger partial charge < -0.3 is 14.8 Å². The Bertz CT molecular complexity index is 588. The highest BCUT2D eigenvalue weighted by molar-refractivity contribution is 5.88. The van der Waals surface area contributed by atoms with Gasteiger partial charge in [0.05, 0.1) is 0 Å². The normalized spacial score (nSPS) is 23.9. The van der Waals surface area contributed by atoms with Crippen molar-refractivity contribution in [1.29, 1.82) is 0 Å². The predicted molar refractivity (Wildman–Crippen MR) is 82.4 cm³/mol. The summed E-state index contributed by atoms with van der Waals surface area (Å²) >= 11 is 0. The maximum atomic E-state index is 12.4. The summed E-state index contributed by atoms with van der Waals surface area (Å²) in [5.74, 6) is -0.315. The molecule has 0 N–H and O–H groups in total. The van der Waals surface area contributed by atoms with Gasteiger partial charge in [-0.3, -0.25) is 4.79 Å². The fourth-order valence-corrected chi connectivity index (χ4v) is 3.80. The Hall–Kier alpha value is -2.11. The summed E-state index contributed by atoms with van der Waals surface area (Å²) in [5, 5.41) is 11.5. The Morgan fingerprint density at radius 2 is 2.00 bits per heavy atom. The van der Waals surface area contributed by atoms with Crippen molar-refractivity contribution in [3.8, 4) is 0 Å². The van der Waals surface area contributed by atoms with Crippen molar-refractivity contribution in [2.24, 2.45) is 5.92 Å². The number of nitrogens with zero attached hydrogens (tertiary/aromatic N) is 2. The third kappa shape index (κ3) is 3.46. The summed E-state index contributed by atoms with van der Waals surface area (Å²) in [7, 11) is 0. The second-order valence-electron chi connectivity index (χ2n) is 6.33. The van der Waals surface area contributed by atoms with E-state index in [9.17, 15) is 14.8 Å². The maximum absolute atomic E-state index is 12.4. The van der Waals surface area contributed by atoms with Crippen LogP contribution in [0.25, 0.3) is 0 Å². The van der Waals surface area contributed by atoms with Gasteiger partial charge in [-0.2, -0.15) is 4.73 Å². The quantitative estimate of drug-likeness (QED) is 0.482. The highest BCUT2D eigenvalue weighted by atomic mass is 16.5. The number of hydrogen-bond donors (Lipinski definition) is 0. The molecule has 1 aromatic heterocycles. The third-order valence-corrected chi connectivity index (χ3v) is 4.92. The van der Waals surface area contributed by atoms with Gasteiger partial charge in [-0.1, -0.05) is 12.8 Å². The number of pyridine rings is 1. The molecule has 2 fully saturated rings. The first-order chi connectivity index (χ1) is 11.2. The number of fused-ring (bicyclic) bond motifs is 1. The van der Waals surface area contributed by atoms with Crippen LogP contribution in [0.3, 0.4) is 0 Å². The van der Waals surface area contributed by atoms with Crippen LogP contribution >= 0.6 is 0 Å². The molecule has 2 heterocycles. The molecule has 2 atom stereocenters. The lowest BCUT2D eigenvalue weighted by atomic mass is 9.78. The molecule has 0 unspecified atom stereocenters. The largest absolute Gasteiger partial charge is 0.618 e. The number of amides is 1. The van der Waals surface area contributed by atoms with E-state index in [2.05, 4.69) is 0 Å². The second kappa shape index (κ2) is 6.98. The molecule has 1 saturated carbocycles. The Morgan fingerprint density at radius 1 is 1.22 bits per heavy atom. The van der Waals surface area contributed by atoms with Gasteiger partial charge in [-0.25, -0.2) is 4.79 Å². The zero-order valence-corrected chi connectivity index (χ0v) is 13.1. The van der Waals surface area contributed by atoms with Gasteiger partial charge in [0.2, 0.25) is 0 Å². The molecule has 3 rings (SSSR count). The SMILES string of the molecule is O=C(OCC(=O)N1CCC[C@H]2CCCC[C@@H]21)c1cccc[n+]1[O-]. The molecule has 0 aromatic carbocycles. The van der Waals surface area contributed by atoms with Crippen LogP contribution in [0.5, 0.6) is 0 Å². The first-order valence-electron chi connectivity index (χ1n) is 8.31. The van der Waals surface area contributed by atoms with E-state index in [1.165, 1.54) is 37.6 Å². The number of likely N-dealkylation sites (tertiary alicyclic amines) is 1. The van der Waals surface area contributed by atoms with Gasteiger partial charge in [-0.15, -0.1) is 0 Å². The van der Waals surface area contributed by atoms with Crippen LogP contribution in [-0.4, -0.2) is 36.0 Å². The number of carbonyl (C=O) groups is 2. The van der Waals surface area contributed by atoms with E-state index in [-0.39, 0.29) is 18.2 Å². The summed E-state index contributed by atoms with van der Waals surface area (Å²) in [6, 6.07) is 4.80. The maximum Gasteiger partial charge on any atom is 0.405 e. The molecule has 1 amide bonds. The van der Waals surface area contributed by atoms with Crippen molar-refractivity contribution in [2.75, 3.05) is 13.2 Å². The molecule has 6 heteroatoms. The minimum Gasteiger partial charge on any atom is -0.618 e. The van der Waals surface area contributed by atoms with E-state index in [4.69, 9.17) is 4.74 Å². The third-order valence-electron chi connectivity index (χ3n) is 4.92. The fraction of sp³-hybridized carbons (Fsp3) is 0.588. The first kappa shape index (κ1) is 15.8. The second-order valence-corrected chi connectivity index (χ2v) is 6.33. The molecular weight excluding hydrogens is 296 g/mol. The smallest absolute Gasteiger partial charge is 0.405 e. The van der Waals surface area contributed by atoms with Crippen LogP contribution in [0.2, 0.25) is 0 Å². The molecule has 0 bridgehead atoms. The number of hydrogen-bond acceptors (Lipinski definition) is 4. The van der Waals surface area contributed by atoms with E-state index >= 15 is 0 Å². The van der Waals surface area contributed by atoms with E-state index in [1.807, 2.05) is 4.90 Å². The number of piperidine rings is 1. The predicted octanol–water partition coefficient (Wildman–Crippen LogP) is 1.66. The summed E-state index contributed by atoms with van der Waals surface area (Å²) in [6.07, 6.45) is 8.07. The molecule has 1 saturated heterocycles. The van der Waals surface area contributed by atoms with E-state index in [1.54, 1.807) is 6.07 Å². The van der Waals surface area contributed by atoms with Gasteiger partial charge >= 0.3 is 11.7 Å². The van der Waals surface area contributed by atoms with Crippen molar-refractivity contribution in [3.05, 3.63) is 35.3 Å². The zero-order chi connectivity index (χ0) is 16.2. The zero-order valence-electron chi connectivity index (χ0n) is 13.1. The highest BCUT2D eigenvalue weighted by Gasteiger charge is 2.36. The number of ether oxygens (including phenoxy) is 1. The minimum absolute atomic E-state index is 0.102. The van der Waals surface area contributed by atoms with Crippen LogP contribution < -0.4 is 4.73 Å². The minimum atomic E-state index is -0.758. The van der Waals surface area contributed by atoms with Gasteiger partial charge in [-0.05, 0) is 37.7 Å². The van der Waals surface area contributed by atoms with Crippen molar-refractivity contribution in [3.63, 3.8) is 0 Å². The lowest BCUT2D eigenvalue weighted by Gasteiger charge is -2.44. The van der Waals surface area contributed by atoms with Crippen molar-refractivity contribution < 1.29 is 19.1 Å². The van der Waals surface area contributed by atoms with Gasteiger partial charge in [0.1, 0.15) is 0 Å². The Balaban J connectivity index is 1.58. The van der Waals surface area contributed by atoms with Crippen LogP contribution in [0.4, 0.5) is 0 Å². The van der Waals surface area contributed by atoms with Gasteiger partial charge in [0, 0.05) is 24.7 Å². The average Bonchev–Trinajstić information content (AvgIpc) is 2.59. The molecular formula is C17H22N2O4. The number of carbonyl (C=O) groups excluding carboxylic acids is 2. The van der Waals surface area contributed by atoms with Gasteiger partial charge in [0.25, 0.3) is 5.91 Å². The molecule has 1 aliphatic carbocycles. The summed E-state index contributed by atoms with van der Waals surface area (Å²) in [5.41, 5.74) is -0.102. The summed E-state index contributed by atoms with van der Waals surface area (Å²) in [6.45, 7) is 0.446. The number of esters is 1. The van der Waals surface area contributed by atoms with Crippen LogP contribution in [0, 0.1) is 11.1 Å². The van der Waals surface area contributed by atoms with E-state index in [0.29, 0.717) is 16.7 Å². The summed E-state index contributed by atoms with van der Waals surface area (Å²) < 4.78 is 5.50. The molecule has 6 nitrogen and oxygen atoms in total. The fourth-order valence-electron chi connectivity index (χ4n) is 3.80. The molecule has 1 aliphatic heterocycles. The number of rotatable bonds is 3. The molecule has 0 radical (unpaired) electrons. The topological polar surface area (TPSA) is 73.6 Å². The lowest BCUT2D eigenvalue weighted by Crippen LogP contribution is -2.51.